The van der Waals surface area contributed by atoms with E-state index in [-0.39, 0.29) is 34.7 Å². The number of carbonyl (C=O) groups excluding carboxylic acids is 1. The van der Waals surface area contributed by atoms with Crippen LogP contribution in [0.5, 0.6) is 0 Å². The first-order valence-electron chi connectivity index (χ1n) is 8.54. The highest BCUT2D eigenvalue weighted by Gasteiger charge is 2.18. The molecule has 1 aromatic carbocycles. The number of benzene rings is 1. The fourth-order valence-corrected chi connectivity index (χ4v) is 3.78. The van der Waals surface area contributed by atoms with E-state index < -0.39 is 0 Å². The zero-order chi connectivity index (χ0) is 17.9. The van der Waals surface area contributed by atoms with E-state index in [0.717, 1.165) is 12.8 Å². The van der Waals surface area contributed by atoms with Crippen molar-refractivity contribution < 1.29 is 4.79 Å². The topological polar surface area (TPSA) is 105 Å². The van der Waals surface area contributed by atoms with Gasteiger partial charge in [0.1, 0.15) is 0 Å². The normalized spacial score (nSPS) is 14.8. The Labute approximate surface area is 153 Å². The predicted octanol–water partition coefficient (Wildman–Crippen LogP) is 1.63. The van der Waals surface area contributed by atoms with Crippen molar-refractivity contribution in [3.05, 3.63) is 40.7 Å². The molecule has 0 aliphatic heterocycles. The Morgan fingerprint density at radius 2 is 2.00 bits per heavy atom. The molecule has 8 nitrogen and oxygen atoms in total. The van der Waals surface area contributed by atoms with Crippen molar-refractivity contribution >= 4 is 23.4 Å². The Morgan fingerprint density at radius 3 is 2.77 bits per heavy atom. The highest BCUT2D eigenvalue weighted by Crippen LogP contribution is 2.19. The van der Waals surface area contributed by atoms with Gasteiger partial charge < -0.3 is 5.32 Å². The number of aromatic nitrogens is 5. The minimum absolute atomic E-state index is 0.0219. The van der Waals surface area contributed by atoms with Gasteiger partial charge in [0.2, 0.25) is 11.1 Å². The molecular weight excluding hydrogens is 352 g/mol. The number of carbonyl (C=O) groups is 1. The maximum Gasteiger partial charge on any atom is 0.279 e. The summed E-state index contributed by atoms with van der Waals surface area (Å²) < 4.78 is 1.47. The lowest BCUT2D eigenvalue weighted by Gasteiger charge is -2.10. The summed E-state index contributed by atoms with van der Waals surface area (Å²) in [6.07, 6.45) is 4.44. The minimum atomic E-state index is -0.327. The molecule has 134 valence electrons. The molecule has 9 heteroatoms. The fourth-order valence-electron chi connectivity index (χ4n) is 3.08. The molecule has 4 rings (SSSR count). The first-order valence-corrected chi connectivity index (χ1v) is 9.52. The van der Waals surface area contributed by atoms with Gasteiger partial charge in [0.25, 0.3) is 11.3 Å². The number of rotatable bonds is 5. The summed E-state index contributed by atoms with van der Waals surface area (Å²) in [5, 5.41) is 15.9. The van der Waals surface area contributed by atoms with Crippen LogP contribution in [0.2, 0.25) is 0 Å². The second-order valence-electron chi connectivity index (χ2n) is 6.22. The average Bonchev–Trinajstić information content (AvgIpc) is 3.29. The number of amides is 1. The summed E-state index contributed by atoms with van der Waals surface area (Å²) in [6, 6.07) is 9.48. The van der Waals surface area contributed by atoms with E-state index >= 15 is 0 Å². The summed E-state index contributed by atoms with van der Waals surface area (Å²) in [5.41, 5.74) is 0.668. The standard InChI is InChI=1S/C17H18N6O2S/c24-13(18-12-8-4-5-9-12)10-26-17-21-20-16-19-15(25)14(22-23(16)17)11-6-2-1-3-7-11/h1-3,6-7,12H,4-5,8-10H2,(H,18,24)(H,19,20,25). The Kier molecular flexibility index (Phi) is 4.70. The molecular formula is C17H18N6O2S. The summed E-state index contributed by atoms with van der Waals surface area (Å²) in [6.45, 7) is 0. The van der Waals surface area contributed by atoms with Crippen LogP contribution < -0.4 is 10.9 Å². The van der Waals surface area contributed by atoms with Gasteiger partial charge in [0.15, 0.2) is 5.69 Å². The van der Waals surface area contributed by atoms with Gasteiger partial charge in [-0.05, 0) is 12.8 Å². The second-order valence-corrected chi connectivity index (χ2v) is 7.17. The lowest BCUT2D eigenvalue weighted by atomic mass is 10.2. The second kappa shape index (κ2) is 7.28. The van der Waals surface area contributed by atoms with Gasteiger partial charge in [-0.25, -0.2) is 0 Å². The predicted molar refractivity (Wildman–Crippen MR) is 98.0 cm³/mol. The van der Waals surface area contributed by atoms with Gasteiger partial charge >= 0.3 is 0 Å². The van der Waals surface area contributed by atoms with E-state index in [9.17, 15) is 9.59 Å². The van der Waals surface area contributed by atoms with Gasteiger partial charge in [-0.15, -0.1) is 10.2 Å². The van der Waals surface area contributed by atoms with Crippen LogP contribution in [0.4, 0.5) is 0 Å². The maximum atomic E-state index is 12.2. The highest BCUT2D eigenvalue weighted by atomic mass is 32.2. The van der Waals surface area contributed by atoms with E-state index in [0.29, 0.717) is 10.7 Å². The number of hydrogen-bond acceptors (Lipinski definition) is 6. The zero-order valence-corrected chi connectivity index (χ0v) is 14.8. The molecule has 26 heavy (non-hydrogen) atoms. The number of nitrogens with one attached hydrogen (secondary N) is 2. The van der Waals surface area contributed by atoms with Crippen molar-refractivity contribution in [3.8, 4) is 11.3 Å². The van der Waals surface area contributed by atoms with Crippen LogP contribution in [0.15, 0.2) is 40.3 Å². The maximum absolute atomic E-state index is 12.2. The molecule has 0 spiro atoms. The van der Waals surface area contributed by atoms with Crippen LogP contribution >= 0.6 is 11.8 Å². The van der Waals surface area contributed by atoms with Crippen LogP contribution in [-0.2, 0) is 4.79 Å². The van der Waals surface area contributed by atoms with E-state index in [1.807, 2.05) is 30.3 Å². The van der Waals surface area contributed by atoms with Crippen molar-refractivity contribution in [2.75, 3.05) is 5.75 Å². The third-order valence-corrected chi connectivity index (χ3v) is 5.27. The first kappa shape index (κ1) is 16.8. The monoisotopic (exact) mass is 370 g/mol. The number of hydrogen-bond donors (Lipinski definition) is 2. The smallest absolute Gasteiger partial charge is 0.279 e. The molecule has 1 fully saturated rings. The van der Waals surface area contributed by atoms with Crippen molar-refractivity contribution in [1.82, 2.24) is 30.1 Å². The number of thioether (sulfide) groups is 1. The van der Waals surface area contributed by atoms with Crippen molar-refractivity contribution in [1.29, 1.82) is 0 Å². The Morgan fingerprint density at radius 1 is 1.23 bits per heavy atom. The summed E-state index contributed by atoms with van der Waals surface area (Å²) in [5.74, 6) is 0.471. The van der Waals surface area contributed by atoms with Crippen LogP contribution in [0.25, 0.3) is 17.0 Å². The molecule has 1 amide bonds. The lowest BCUT2D eigenvalue weighted by Crippen LogP contribution is -2.33. The Hall–Kier alpha value is -2.68. The van der Waals surface area contributed by atoms with Crippen LogP contribution in [0, 0.1) is 0 Å². The fraction of sp³-hybridized carbons (Fsp3) is 0.353. The van der Waals surface area contributed by atoms with Gasteiger partial charge in [-0.3, -0.25) is 14.6 Å². The third-order valence-electron chi connectivity index (χ3n) is 4.35. The largest absolute Gasteiger partial charge is 0.353 e. The molecule has 3 aromatic rings. The van der Waals surface area contributed by atoms with Crippen molar-refractivity contribution in [2.45, 2.75) is 36.9 Å². The number of fused-ring (bicyclic) bond motifs is 1. The molecule has 0 unspecified atom stereocenters. The molecule has 0 bridgehead atoms. The Balaban J connectivity index is 1.54. The van der Waals surface area contributed by atoms with Gasteiger partial charge in [-0.1, -0.05) is 54.9 Å². The lowest BCUT2D eigenvalue weighted by molar-refractivity contribution is -0.119. The van der Waals surface area contributed by atoms with Gasteiger partial charge in [0, 0.05) is 11.6 Å². The SMILES string of the molecule is O=C(CSc1nnc2[nH]c(=O)c(-c3ccccc3)nn12)NC1CCCC1. The zero-order valence-electron chi connectivity index (χ0n) is 14.0. The molecule has 2 N–H and O–H groups in total. The van der Waals surface area contributed by atoms with Gasteiger partial charge in [0.05, 0.1) is 5.75 Å². The van der Waals surface area contributed by atoms with E-state index in [1.165, 1.54) is 29.1 Å². The molecule has 0 atom stereocenters. The minimum Gasteiger partial charge on any atom is -0.353 e. The molecule has 2 aromatic heterocycles. The molecule has 1 saturated carbocycles. The summed E-state index contributed by atoms with van der Waals surface area (Å²) in [4.78, 5) is 27.0. The van der Waals surface area contributed by atoms with Gasteiger partial charge in [-0.2, -0.15) is 9.61 Å². The molecule has 2 heterocycles. The molecule has 0 saturated heterocycles. The average molecular weight is 370 g/mol. The first-order chi connectivity index (χ1) is 12.7. The molecule has 1 aliphatic rings. The van der Waals surface area contributed by atoms with Crippen molar-refractivity contribution in [2.24, 2.45) is 0 Å². The number of H-pyrrole nitrogens is 1. The van der Waals surface area contributed by atoms with E-state index in [1.54, 1.807) is 0 Å². The summed E-state index contributed by atoms with van der Waals surface area (Å²) in [7, 11) is 0. The van der Waals surface area contributed by atoms with Crippen molar-refractivity contribution in [3.63, 3.8) is 0 Å². The third kappa shape index (κ3) is 3.48. The van der Waals surface area contributed by atoms with Crippen LogP contribution in [0.3, 0.4) is 0 Å². The number of nitrogens with zero attached hydrogens (tertiary/aromatic N) is 4. The van der Waals surface area contributed by atoms with Crippen LogP contribution in [0.1, 0.15) is 25.7 Å². The molecule has 0 radical (unpaired) electrons. The Bertz CT molecular complexity index is 978. The van der Waals surface area contributed by atoms with Crippen LogP contribution in [-0.4, -0.2) is 42.5 Å². The summed E-state index contributed by atoms with van der Waals surface area (Å²) >= 11 is 1.25. The number of aromatic amines is 1. The van der Waals surface area contributed by atoms with E-state index in [2.05, 4.69) is 25.6 Å². The molecule has 1 aliphatic carbocycles. The quantitative estimate of drug-likeness (QED) is 0.662. The highest BCUT2D eigenvalue weighted by molar-refractivity contribution is 7.99. The van der Waals surface area contributed by atoms with E-state index in [4.69, 9.17) is 0 Å².